The van der Waals surface area contributed by atoms with E-state index in [1.54, 1.807) is 6.92 Å². The molecule has 1 aromatic rings. The lowest BCUT2D eigenvalue weighted by atomic mass is 10.0. The molecular weight excluding hydrogens is 246 g/mol. The Labute approximate surface area is 111 Å². The van der Waals surface area contributed by atoms with Crippen LogP contribution in [0.4, 0.5) is 5.82 Å². The molecule has 2 atom stereocenters. The fourth-order valence-corrected chi connectivity index (χ4v) is 2.12. The molecule has 0 aliphatic heterocycles. The van der Waals surface area contributed by atoms with Crippen LogP contribution in [0.25, 0.3) is 0 Å². The second-order valence-electron chi connectivity index (χ2n) is 5.14. The molecule has 1 fully saturated rings. The molecule has 1 amide bonds. The van der Waals surface area contributed by atoms with Gasteiger partial charge in [0.1, 0.15) is 5.69 Å². The topological polar surface area (TPSA) is 84.1 Å². The summed E-state index contributed by atoms with van der Waals surface area (Å²) in [6.07, 6.45) is 1.89. The maximum atomic E-state index is 12.0. The number of aromatic nitrogens is 2. The van der Waals surface area contributed by atoms with Crippen LogP contribution in [0.2, 0.25) is 0 Å². The molecule has 0 bridgehead atoms. The number of rotatable bonds is 5. The lowest BCUT2D eigenvalue weighted by Gasteiger charge is -2.06. The maximum Gasteiger partial charge on any atom is 0.356 e. The molecule has 1 saturated carbocycles. The van der Waals surface area contributed by atoms with E-state index in [0.717, 1.165) is 12.8 Å². The maximum absolute atomic E-state index is 12.0. The molecule has 19 heavy (non-hydrogen) atoms. The van der Waals surface area contributed by atoms with Gasteiger partial charge in [-0.15, -0.1) is 0 Å². The molecule has 0 unspecified atom stereocenters. The molecule has 0 saturated heterocycles. The summed E-state index contributed by atoms with van der Waals surface area (Å²) in [5.41, 5.74) is 0.357. The van der Waals surface area contributed by atoms with Crippen LogP contribution < -0.4 is 5.32 Å². The number of nitrogens with one attached hydrogen (secondary N) is 2. The molecular formula is C13H19N3O3. The summed E-state index contributed by atoms with van der Waals surface area (Å²) in [6.45, 7) is 6.22. The van der Waals surface area contributed by atoms with Crippen LogP contribution in [0.1, 0.15) is 44.1 Å². The number of aromatic amines is 1. The first-order valence-electron chi connectivity index (χ1n) is 6.53. The summed E-state index contributed by atoms with van der Waals surface area (Å²) in [5.74, 6) is -0.106. The average Bonchev–Trinajstić information content (AvgIpc) is 2.85. The Hall–Kier alpha value is -1.85. The normalized spacial score (nSPS) is 24.9. The molecule has 2 N–H and O–H groups in total. The molecule has 2 rings (SSSR count). The Bertz CT molecular complexity index is 497. The zero-order chi connectivity index (χ0) is 14.0. The number of anilines is 1. The SMILES string of the molecule is CCOC(=O)c1cc(NC(=O)[C@H]2C[C@@]2(C)CC)n[nH]1. The van der Waals surface area contributed by atoms with Crippen molar-refractivity contribution in [1.82, 2.24) is 10.2 Å². The predicted octanol–water partition coefficient (Wildman–Crippen LogP) is 1.96. The minimum Gasteiger partial charge on any atom is -0.461 e. The van der Waals surface area contributed by atoms with Gasteiger partial charge in [-0.25, -0.2) is 4.79 Å². The molecule has 0 spiro atoms. The number of amides is 1. The van der Waals surface area contributed by atoms with Crippen molar-refractivity contribution in [3.05, 3.63) is 11.8 Å². The highest BCUT2D eigenvalue weighted by Gasteiger charge is 2.52. The summed E-state index contributed by atoms with van der Waals surface area (Å²) in [7, 11) is 0. The van der Waals surface area contributed by atoms with Gasteiger partial charge in [0.15, 0.2) is 5.82 Å². The third kappa shape index (κ3) is 2.77. The minimum atomic E-state index is -0.472. The Kier molecular flexibility index (Phi) is 3.59. The Morgan fingerprint density at radius 1 is 1.58 bits per heavy atom. The van der Waals surface area contributed by atoms with E-state index in [2.05, 4.69) is 29.4 Å². The number of hydrogen-bond acceptors (Lipinski definition) is 4. The van der Waals surface area contributed by atoms with Crippen LogP contribution in [0.3, 0.4) is 0 Å². The number of carbonyl (C=O) groups is 2. The van der Waals surface area contributed by atoms with Gasteiger partial charge in [-0.05, 0) is 25.2 Å². The highest BCUT2D eigenvalue weighted by Crippen LogP contribution is 2.54. The lowest BCUT2D eigenvalue weighted by molar-refractivity contribution is -0.118. The summed E-state index contributed by atoms with van der Waals surface area (Å²) in [6, 6.07) is 1.49. The van der Waals surface area contributed by atoms with Crippen LogP contribution in [-0.2, 0) is 9.53 Å². The van der Waals surface area contributed by atoms with Gasteiger partial charge >= 0.3 is 5.97 Å². The minimum absolute atomic E-state index is 0.0359. The zero-order valence-corrected chi connectivity index (χ0v) is 11.4. The van der Waals surface area contributed by atoms with Crippen LogP contribution in [-0.4, -0.2) is 28.7 Å². The molecule has 1 aliphatic rings. The highest BCUT2D eigenvalue weighted by atomic mass is 16.5. The van der Waals surface area contributed by atoms with Gasteiger partial charge in [-0.1, -0.05) is 13.8 Å². The van der Waals surface area contributed by atoms with Gasteiger partial charge in [-0.2, -0.15) is 5.10 Å². The number of H-pyrrole nitrogens is 1. The van der Waals surface area contributed by atoms with Gasteiger partial charge in [-0.3, -0.25) is 9.89 Å². The van der Waals surface area contributed by atoms with Crippen LogP contribution in [0.15, 0.2) is 6.07 Å². The van der Waals surface area contributed by atoms with Crippen molar-refractivity contribution in [3.63, 3.8) is 0 Å². The third-order valence-electron chi connectivity index (χ3n) is 3.80. The van der Waals surface area contributed by atoms with Crippen molar-refractivity contribution < 1.29 is 14.3 Å². The van der Waals surface area contributed by atoms with E-state index in [9.17, 15) is 9.59 Å². The summed E-state index contributed by atoms with van der Waals surface area (Å²) >= 11 is 0. The van der Waals surface area contributed by atoms with E-state index in [1.165, 1.54) is 6.07 Å². The van der Waals surface area contributed by atoms with E-state index >= 15 is 0 Å². The fraction of sp³-hybridized carbons (Fsp3) is 0.615. The first kappa shape index (κ1) is 13.6. The van der Waals surface area contributed by atoms with Crippen molar-refractivity contribution in [2.24, 2.45) is 11.3 Å². The summed E-state index contributed by atoms with van der Waals surface area (Å²) in [5, 5.41) is 9.16. The quantitative estimate of drug-likeness (QED) is 0.797. The van der Waals surface area contributed by atoms with Crippen LogP contribution in [0.5, 0.6) is 0 Å². The van der Waals surface area contributed by atoms with E-state index in [-0.39, 0.29) is 22.9 Å². The Balaban J connectivity index is 1.94. The van der Waals surface area contributed by atoms with E-state index in [0.29, 0.717) is 12.4 Å². The zero-order valence-electron chi connectivity index (χ0n) is 11.4. The van der Waals surface area contributed by atoms with Crippen LogP contribution >= 0.6 is 0 Å². The van der Waals surface area contributed by atoms with E-state index in [4.69, 9.17) is 4.74 Å². The second-order valence-corrected chi connectivity index (χ2v) is 5.14. The van der Waals surface area contributed by atoms with Crippen molar-refractivity contribution in [3.8, 4) is 0 Å². The molecule has 6 heteroatoms. The van der Waals surface area contributed by atoms with E-state index in [1.807, 2.05) is 0 Å². The molecule has 0 aromatic carbocycles. The number of ether oxygens (including phenoxy) is 1. The Morgan fingerprint density at radius 2 is 2.32 bits per heavy atom. The molecule has 104 valence electrons. The molecule has 1 aromatic heterocycles. The monoisotopic (exact) mass is 265 g/mol. The molecule has 0 radical (unpaired) electrons. The first-order valence-corrected chi connectivity index (χ1v) is 6.53. The molecule has 1 aliphatic carbocycles. The molecule has 1 heterocycles. The number of carbonyl (C=O) groups excluding carboxylic acids is 2. The average molecular weight is 265 g/mol. The number of hydrogen-bond donors (Lipinski definition) is 2. The van der Waals surface area contributed by atoms with Crippen LogP contribution in [0, 0.1) is 11.3 Å². The van der Waals surface area contributed by atoms with Crippen molar-refractivity contribution in [2.75, 3.05) is 11.9 Å². The predicted molar refractivity (Wildman–Crippen MR) is 69.7 cm³/mol. The smallest absolute Gasteiger partial charge is 0.356 e. The van der Waals surface area contributed by atoms with Gasteiger partial charge in [0.05, 0.1) is 6.61 Å². The Morgan fingerprint density at radius 3 is 2.89 bits per heavy atom. The van der Waals surface area contributed by atoms with Gasteiger partial charge < -0.3 is 10.1 Å². The first-order chi connectivity index (χ1) is 9.00. The van der Waals surface area contributed by atoms with Crippen molar-refractivity contribution >= 4 is 17.7 Å². The second kappa shape index (κ2) is 5.03. The number of nitrogens with zero attached hydrogens (tertiary/aromatic N) is 1. The number of esters is 1. The largest absolute Gasteiger partial charge is 0.461 e. The van der Waals surface area contributed by atoms with Gasteiger partial charge in [0.25, 0.3) is 0 Å². The summed E-state index contributed by atoms with van der Waals surface area (Å²) in [4.78, 5) is 23.4. The van der Waals surface area contributed by atoms with Crippen molar-refractivity contribution in [2.45, 2.75) is 33.6 Å². The van der Waals surface area contributed by atoms with E-state index < -0.39 is 5.97 Å². The summed E-state index contributed by atoms with van der Waals surface area (Å²) < 4.78 is 4.83. The fourth-order valence-electron chi connectivity index (χ4n) is 2.12. The van der Waals surface area contributed by atoms with Gasteiger partial charge in [0.2, 0.25) is 5.91 Å². The van der Waals surface area contributed by atoms with Crippen molar-refractivity contribution in [1.29, 1.82) is 0 Å². The lowest BCUT2D eigenvalue weighted by Crippen LogP contribution is -2.17. The molecule has 6 nitrogen and oxygen atoms in total. The third-order valence-corrected chi connectivity index (χ3v) is 3.80. The standard InChI is InChI=1S/C13H19N3O3/c1-4-13(3)7-8(13)11(17)14-10-6-9(15-16-10)12(18)19-5-2/h6,8H,4-5,7H2,1-3H3,(H2,14,15,16,17)/t8-,13-/m1/s1. The highest BCUT2D eigenvalue weighted by molar-refractivity contribution is 5.95. The van der Waals surface area contributed by atoms with Gasteiger partial charge in [0, 0.05) is 12.0 Å².